The van der Waals surface area contributed by atoms with Gasteiger partial charge >= 0.3 is 12.3 Å². The van der Waals surface area contributed by atoms with Gasteiger partial charge < -0.3 is 4.74 Å². The third kappa shape index (κ3) is 2.92. The molecule has 1 aromatic carbocycles. The second kappa shape index (κ2) is 5.60. The van der Waals surface area contributed by atoms with Crippen LogP contribution in [0.4, 0.5) is 18.9 Å². The lowest BCUT2D eigenvalue weighted by Crippen LogP contribution is -2.06. The van der Waals surface area contributed by atoms with Gasteiger partial charge in [-0.15, -0.1) is 0 Å². The van der Waals surface area contributed by atoms with Gasteiger partial charge in [-0.3, -0.25) is 10.1 Å². The van der Waals surface area contributed by atoms with E-state index in [0.29, 0.717) is 0 Å². The number of aryl methyl sites for hydroxylation is 1. The van der Waals surface area contributed by atoms with Crippen molar-refractivity contribution >= 4 is 17.3 Å². The lowest BCUT2D eigenvalue weighted by Gasteiger charge is -2.03. The van der Waals surface area contributed by atoms with Crippen LogP contribution in [0.5, 0.6) is 5.88 Å². The van der Waals surface area contributed by atoms with Crippen LogP contribution in [-0.2, 0) is 7.05 Å². The summed E-state index contributed by atoms with van der Waals surface area (Å²) in [6.07, 6.45) is 0. The Kier molecular flexibility index (Phi) is 4.03. The van der Waals surface area contributed by atoms with Gasteiger partial charge in [0.1, 0.15) is 10.7 Å². The topological polar surface area (TPSA) is 70.2 Å². The zero-order valence-corrected chi connectivity index (χ0v) is 11.1. The highest BCUT2D eigenvalue weighted by atomic mass is 35.5. The molecular formula is C11H7ClF3N3O3. The Labute approximate surface area is 120 Å². The Morgan fingerprint density at radius 1 is 1.48 bits per heavy atom. The quantitative estimate of drug-likeness (QED) is 0.639. The molecule has 0 bridgehead atoms. The van der Waals surface area contributed by atoms with Gasteiger partial charge in [0.2, 0.25) is 11.7 Å². The number of benzene rings is 1. The summed E-state index contributed by atoms with van der Waals surface area (Å²) in [5.74, 6) is -1.42. The van der Waals surface area contributed by atoms with Gasteiger partial charge in [0.05, 0.1) is 4.92 Å². The Hall–Kier alpha value is -2.29. The van der Waals surface area contributed by atoms with Crippen LogP contribution in [0, 0.1) is 15.9 Å². The van der Waals surface area contributed by atoms with Gasteiger partial charge in [-0.1, -0.05) is 11.6 Å². The first-order valence-electron chi connectivity index (χ1n) is 5.43. The summed E-state index contributed by atoms with van der Waals surface area (Å²) in [4.78, 5) is 9.78. The summed E-state index contributed by atoms with van der Waals surface area (Å²) in [6.45, 7) is -3.10. The van der Waals surface area contributed by atoms with E-state index in [1.54, 1.807) is 0 Å². The first-order chi connectivity index (χ1) is 9.81. The Bertz CT molecular complexity index is 706. The number of hydrogen-bond acceptors (Lipinski definition) is 4. The van der Waals surface area contributed by atoms with E-state index in [2.05, 4.69) is 9.84 Å². The van der Waals surface area contributed by atoms with Crippen molar-refractivity contribution in [2.24, 2.45) is 7.05 Å². The van der Waals surface area contributed by atoms with Gasteiger partial charge in [-0.05, 0) is 12.1 Å². The molecule has 10 heteroatoms. The smallest absolute Gasteiger partial charge is 0.388 e. The molecule has 0 amide bonds. The number of rotatable bonds is 4. The van der Waals surface area contributed by atoms with Gasteiger partial charge in [-0.25, -0.2) is 4.68 Å². The molecule has 0 unspecified atom stereocenters. The lowest BCUT2D eigenvalue weighted by atomic mass is 10.1. The van der Waals surface area contributed by atoms with Crippen molar-refractivity contribution in [3.63, 3.8) is 0 Å². The van der Waals surface area contributed by atoms with Crippen LogP contribution in [0.2, 0.25) is 5.02 Å². The standard InChI is InChI=1S/C11H7ClF3N3O3/c1-17-10(21-11(14)15)8(12)9(16-17)5-2-3-6(13)7(4-5)18(19)20/h2-4,11H,1H3. The molecule has 0 aliphatic carbocycles. The highest BCUT2D eigenvalue weighted by molar-refractivity contribution is 6.34. The lowest BCUT2D eigenvalue weighted by molar-refractivity contribution is -0.387. The minimum Gasteiger partial charge on any atom is -0.416 e. The molecule has 0 saturated carbocycles. The third-order valence-corrected chi connectivity index (χ3v) is 2.90. The first kappa shape index (κ1) is 15.1. The Morgan fingerprint density at radius 2 is 2.14 bits per heavy atom. The van der Waals surface area contributed by atoms with Gasteiger partial charge in [0.25, 0.3) is 0 Å². The predicted molar refractivity (Wildman–Crippen MR) is 66.9 cm³/mol. The molecule has 2 rings (SSSR count). The molecule has 2 aromatic rings. The summed E-state index contributed by atoms with van der Waals surface area (Å²) in [5.41, 5.74) is -0.698. The largest absolute Gasteiger partial charge is 0.416 e. The Balaban J connectivity index is 2.53. The molecule has 0 radical (unpaired) electrons. The Morgan fingerprint density at radius 3 is 2.71 bits per heavy atom. The van der Waals surface area contributed by atoms with Crippen molar-refractivity contribution in [3.8, 4) is 17.1 Å². The molecule has 21 heavy (non-hydrogen) atoms. The fourth-order valence-electron chi connectivity index (χ4n) is 1.68. The zero-order chi connectivity index (χ0) is 15.7. The summed E-state index contributed by atoms with van der Waals surface area (Å²) < 4.78 is 42.9. The number of nitrogens with zero attached hydrogens (tertiary/aromatic N) is 3. The summed E-state index contributed by atoms with van der Waals surface area (Å²) in [6, 6.07) is 2.98. The van der Waals surface area contributed by atoms with Crippen LogP contribution < -0.4 is 4.74 Å². The van der Waals surface area contributed by atoms with Gasteiger partial charge in [-0.2, -0.15) is 18.3 Å². The maximum atomic E-state index is 13.3. The number of hydrogen-bond donors (Lipinski definition) is 0. The van der Waals surface area contributed by atoms with Crippen LogP contribution in [0.25, 0.3) is 11.3 Å². The van der Waals surface area contributed by atoms with Crippen LogP contribution in [-0.4, -0.2) is 21.3 Å². The number of aromatic nitrogens is 2. The summed E-state index contributed by atoms with van der Waals surface area (Å²) >= 11 is 5.87. The monoisotopic (exact) mass is 321 g/mol. The second-order valence-corrected chi connectivity index (χ2v) is 4.27. The highest BCUT2D eigenvalue weighted by Gasteiger charge is 2.23. The van der Waals surface area contributed by atoms with E-state index in [9.17, 15) is 23.3 Å². The fraction of sp³-hybridized carbons (Fsp3) is 0.182. The first-order valence-corrected chi connectivity index (χ1v) is 5.80. The number of ether oxygens (including phenoxy) is 1. The minimum absolute atomic E-state index is 0.0297. The maximum absolute atomic E-state index is 13.3. The molecule has 6 nitrogen and oxygen atoms in total. The van der Waals surface area contributed by atoms with Gasteiger partial charge in [0.15, 0.2) is 0 Å². The van der Waals surface area contributed by atoms with E-state index in [1.807, 2.05) is 0 Å². The van der Waals surface area contributed by atoms with Gasteiger partial charge in [0, 0.05) is 18.7 Å². The molecule has 0 N–H and O–H groups in total. The minimum atomic E-state index is -3.10. The van der Waals surface area contributed by atoms with E-state index >= 15 is 0 Å². The SMILES string of the molecule is Cn1nc(-c2ccc(F)c([N+](=O)[O-])c2)c(Cl)c1OC(F)F. The number of alkyl halides is 2. The molecule has 0 atom stereocenters. The van der Waals surface area contributed by atoms with E-state index < -0.39 is 28.9 Å². The van der Waals surface area contributed by atoms with Crippen molar-refractivity contribution in [3.05, 3.63) is 39.2 Å². The van der Waals surface area contributed by atoms with Crippen molar-refractivity contribution in [2.45, 2.75) is 6.61 Å². The molecule has 1 heterocycles. The third-order valence-electron chi connectivity index (χ3n) is 2.56. The molecule has 0 fully saturated rings. The molecule has 0 saturated heterocycles. The van der Waals surface area contributed by atoms with Crippen LogP contribution in [0.3, 0.4) is 0 Å². The molecule has 112 valence electrons. The van der Waals surface area contributed by atoms with E-state index in [-0.39, 0.29) is 16.3 Å². The average molecular weight is 322 g/mol. The van der Waals surface area contributed by atoms with Crippen molar-refractivity contribution in [1.29, 1.82) is 0 Å². The molecule has 0 spiro atoms. The van der Waals surface area contributed by atoms with Crippen LogP contribution in [0.15, 0.2) is 18.2 Å². The maximum Gasteiger partial charge on any atom is 0.388 e. The molecule has 0 aliphatic heterocycles. The zero-order valence-electron chi connectivity index (χ0n) is 10.4. The predicted octanol–water partition coefficient (Wildman–Crippen LogP) is 3.39. The second-order valence-electron chi connectivity index (χ2n) is 3.89. The molecular weight excluding hydrogens is 315 g/mol. The average Bonchev–Trinajstić information content (AvgIpc) is 2.66. The van der Waals surface area contributed by atoms with Crippen molar-refractivity contribution < 1.29 is 22.8 Å². The van der Waals surface area contributed by atoms with Crippen molar-refractivity contribution in [2.75, 3.05) is 0 Å². The number of nitro groups is 1. The fourth-order valence-corrected chi connectivity index (χ4v) is 1.99. The van der Waals surface area contributed by atoms with Crippen LogP contribution >= 0.6 is 11.6 Å². The number of halogens is 4. The van der Waals surface area contributed by atoms with Crippen molar-refractivity contribution in [1.82, 2.24) is 9.78 Å². The number of nitro benzene ring substituents is 1. The molecule has 1 aromatic heterocycles. The van der Waals surface area contributed by atoms with Crippen LogP contribution in [0.1, 0.15) is 0 Å². The van der Waals surface area contributed by atoms with E-state index in [4.69, 9.17) is 11.6 Å². The van der Waals surface area contributed by atoms with E-state index in [1.165, 1.54) is 13.1 Å². The summed E-state index contributed by atoms with van der Waals surface area (Å²) in [7, 11) is 1.31. The van der Waals surface area contributed by atoms with E-state index in [0.717, 1.165) is 16.8 Å². The molecule has 0 aliphatic rings. The normalized spacial score (nSPS) is 11.0. The summed E-state index contributed by atoms with van der Waals surface area (Å²) in [5, 5.41) is 14.3. The highest BCUT2D eigenvalue weighted by Crippen LogP contribution is 2.36.